The van der Waals surface area contributed by atoms with Gasteiger partial charge in [0.15, 0.2) is 5.16 Å². The van der Waals surface area contributed by atoms with E-state index in [-0.39, 0.29) is 11.5 Å². The topological polar surface area (TPSA) is 64.0 Å². The third-order valence-corrected chi connectivity index (χ3v) is 5.70. The molecule has 0 unspecified atom stereocenters. The SMILES string of the molecule is CCCCNC(=O)CCCSc1nc2ccccc2c(=O)n1-c1cccc(Cl)c1. The van der Waals surface area contributed by atoms with Crippen molar-refractivity contribution in [3.05, 3.63) is 63.9 Å². The molecule has 29 heavy (non-hydrogen) atoms. The fraction of sp³-hybridized carbons (Fsp3) is 0.318. The van der Waals surface area contributed by atoms with Crippen LogP contribution in [0.3, 0.4) is 0 Å². The van der Waals surface area contributed by atoms with Crippen molar-refractivity contribution in [3.8, 4) is 5.69 Å². The summed E-state index contributed by atoms with van der Waals surface area (Å²) in [5.41, 5.74) is 1.22. The van der Waals surface area contributed by atoms with Gasteiger partial charge in [-0.25, -0.2) is 4.98 Å². The number of carbonyl (C=O) groups excluding carboxylic acids is 1. The average molecular weight is 430 g/mol. The van der Waals surface area contributed by atoms with Crippen LogP contribution in [0.25, 0.3) is 16.6 Å². The van der Waals surface area contributed by atoms with Gasteiger partial charge in [0, 0.05) is 23.7 Å². The lowest BCUT2D eigenvalue weighted by Crippen LogP contribution is -2.24. The van der Waals surface area contributed by atoms with Crippen LogP contribution in [0.1, 0.15) is 32.6 Å². The maximum Gasteiger partial charge on any atom is 0.266 e. The van der Waals surface area contributed by atoms with E-state index in [1.165, 1.54) is 11.8 Å². The Morgan fingerprint density at radius 2 is 2.00 bits per heavy atom. The number of aromatic nitrogens is 2. The molecule has 1 heterocycles. The van der Waals surface area contributed by atoms with Crippen LogP contribution in [0.5, 0.6) is 0 Å². The van der Waals surface area contributed by atoms with Crippen LogP contribution in [0.15, 0.2) is 58.5 Å². The van der Waals surface area contributed by atoms with Crippen molar-refractivity contribution in [1.29, 1.82) is 0 Å². The zero-order chi connectivity index (χ0) is 20.6. The number of rotatable bonds is 9. The van der Waals surface area contributed by atoms with Gasteiger partial charge in [0.25, 0.3) is 5.56 Å². The van der Waals surface area contributed by atoms with Gasteiger partial charge in [-0.2, -0.15) is 0 Å². The van der Waals surface area contributed by atoms with Gasteiger partial charge < -0.3 is 5.32 Å². The second-order valence-electron chi connectivity index (χ2n) is 6.69. The molecule has 0 bridgehead atoms. The highest BCUT2D eigenvalue weighted by Gasteiger charge is 2.13. The number of unbranched alkanes of at least 4 members (excludes halogenated alkanes) is 1. The van der Waals surface area contributed by atoms with E-state index < -0.39 is 0 Å². The number of carbonyl (C=O) groups is 1. The molecule has 7 heteroatoms. The molecule has 1 aromatic heterocycles. The molecule has 1 N–H and O–H groups in total. The molecular weight excluding hydrogens is 406 g/mol. The molecule has 0 saturated carbocycles. The monoisotopic (exact) mass is 429 g/mol. The van der Waals surface area contributed by atoms with E-state index in [4.69, 9.17) is 16.6 Å². The van der Waals surface area contributed by atoms with E-state index in [1.54, 1.807) is 22.8 Å². The van der Waals surface area contributed by atoms with Gasteiger partial charge in [-0.15, -0.1) is 0 Å². The molecule has 0 saturated heterocycles. The van der Waals surface area contributed by atoms with E-state index in [9.17, 15) is 9.59 Å². The van der Waals surface area contributed by atoms with Crippen LogP contribution < -0.4 is 10.9 Å². The molecule has 0 aliphatic rings. The predicted octanol–water partition coefficient (Wildman–Crippen LogP) is 4.83. The van der Waals surface area contributed by atoms with Gasteiger partial charge >= 0.3 is 0 Å². The molecule has 152 valence electrons. The molecule has 0 atom stereocenters. The number of nitrogens with zero attached hydrogens (tertiary/aromatic N) is 2. The predicted molar refractivity (Wildman–Crippen MR) is 120 cm³/mol. The van der Waals surface area contributed by atoms with Crippen molar-refractivity contribution in [1.82, 2.24) is 14.9 Å². The first-order valence-corrected chi connectivity index (χ1v) is 11.1. The Morgan fingerprint density at radius 1 is 1.17 bits per heavy atom. The average Bonchev–Trinajstić information content (AvgIpc) is 2.71. The van der Waals surface area contributed by atoms with Crippen molar-refractivity contribution >= 4 is 40.2 Å². The molecule has 3 aromatic rings. The lowest BCUT2D eigenvalue weighted by molar-refractivity contribution is -0.121. The lowest BCUT2D eigenvalue weighted by Gasteiger charge is -2.13. The van der Waals surface area contributed by atoms with Crippen molar-refractivity contribution in [3.63, 3.8) is 0 Å². The van der Waals surface area contributed by atoms with Gasteiger partial charge in [0.1, 0.15) is 0 Å². The third-order valence-electron chi connectivity index (χ3n) is 4.44. The first-order chi connectivity index (χ1) is 14.1. The van der Waals surface area contributed by atoms with Crippen LogP contribution in [0, 0.1) is 0 Å². The Bertz CT molecular complexity index is 1050. The van der Waals surface area contributed by atoms with Crippen molar-refractivity contribution in [2.75, 3.05) is 12.3 Å². The molecule has 0 fully saturated rings. The number of nitrogens with one attached hydrogen (secondary N) is 1. The Morgan fingerprint density at radius 3 is 2.79 bits per heavy atom. The van der Waals surface area contributed by atoms with Crippen LogP contribution in [0.4, 0.5) is 0 Å². The fourth-order valence-corrected chi connectivity index (χ4v) is 4.08. The van der Waals surface area contributed by atoms with E-state index in [1.807, 2.05) is 30.3 Å². The largest absolute Gasteiger partial charge is 0.356 e. The summed E-state index contributed by atoms with van der Waals surface area (Å²) in [5, 5.41) is 4.64. The van der Waals surface area contributed by atoms with Gasteiger partial charge in [-0.3, -0.25) is 14.2 Å². The Labute approximate surface area is 179 Å². The summed E-state index contributed by atoms with van der Waals surface area (Å²) < 4.78 is 1.60. The van der Waals surface area contributed by atoms with Gasteiger partial charge in [-0.1, -0.05) is 54.9 Å². The summed E-state index contributed by atoms with van der Waals surface area (Å²) in [6, 6.07) is 14.5. The lowest BCUT2D eigenvalue weighted by atomic mass is 10.2. The first kappa shape index (κ1) is 21.4. The summed E-state index contributed by atoms with van der Waals surface area (Å²) >= 11 is 7.62. The third kappa shape index (κ3) is 5.61. The van der Waals surface area contributed by atoms with Crippen molar-refractivity contribution in [2.24, 2.45) is 0 Å². The van der Waals surface area contributed by atoms with E-state index in [0.29, 0.717) is 45.4 Å². The zero-order valence-electron chi connectivity index (χ0n) is 16.4. The van der Waals surface area contributed by atoms with E-state index in [0.717, 1.165) is 19.4 Å². The highest BCUT2D eigenvalue weighted by Crippen LogP contribution is 2.23. The molecule has 5 nitrogen and oxygen atoms in total. The van der Waals surface area contributed by atoms with Crippen molar-refractivity contribution < 1.29 is 4.79 Å². The minimum absolute atomic E-state index is 0.0674. The first-order valence-electron chi connectivity index (χ1n) is 9.77. The fourth-order valence-electron chi connectivity index (χ4n) is 2.94. The summed E-state index contributed by atoms with van der Waals surface area (Å²) in [6.45, 7) is 2.82. The number of amides is 1. The maximum atomic E-state index is 13.2. The number of para-hydroxylation sites is 1. The quantitative estimate of drug-likeness (QED) is 0.300. The molecule has 0 spiro atoms. The van der Waals surface area contributed by atoms with Crippen LogP contribution in [0.2, 0.25) is 5.02 Å². The Hall–Kier alpha value is -2.31. The minimum Gasteiger partial charge on any atom is -0.356 e. The number of thioether (sulfide) groups is 1. The number of halogens is 1. The summed E-state index contributed by atoms with van der Waals surface area (Å²) in [5.74, 6) is 0.754. The standard InChI is InChI=1S/C22H24ClN3O2S/c1-2-3-13-24-20(27)12-7-14-29-22-25-19-11-5-4-10-18(19)21(28)26(22)17-9-6-8-16(23)15-17/h4-6,8-11,15H,2-3,7,12-14H2,1H3,(H,24,27). The molecule has 1 amide bonds. The Balaban J connectivity index is 1.80. The summed E-state index contributed by atoms with van der Waals surface area (Å²) in [7, 11) is 0. The molecule has 3 rings (SSSR count). The second kappa shape index (κ2) is 10.5. The molecule has 0 aliphatic carbocycles. The normalized spacial score (nSPS) is 11.0. The molecule has 0 radical (unpaired) electrons. The highest BCUT2D eigenvalue weighted by molar-refractivity contribution is 7.99. The maximum absolute atomic E-state index is 13.2. The van der Waals surface area contributed by atoms with Crippen LogP contribution >= 0.6 is 23.4 Å². The van der Waals surface area contributed by atoms with Crippen LogP contribution in [-0.2, 0) is 4.79 Å². The van der Waals surface area contributed by atoms with Gasteiger partial charge in [0.05, 0.1) is 16.6 Å². The second-order valence-corrected chi connectivity index (χ2v) is 8.19. The van der Waals surface area contributed by atoms with Crippen LogP contribution in [-0.4, -0.2) is 27.8 Å². The summed E-state index contributed by atoms with van der Waals surface area (Å²) in [6.07, 6.45) is 3.23. The molecule has 0 aliphatic heterocycles. The van der Waals surface area contributed by atoms with Crippen molar-refractivity contribution in [2.45, 2.75) is 37.8 Å². The minimum atomic E-state index is -0.127. The number of hydrogen-bond donors (Lipinski definition) is 1. The number of fused-ring (bicyclic) bond motifs is 1. The summed E-state index contributed by atoms with van der Waals surface area (Å²) in [4.78, 5) is 29.7. The smallest absolute Gasteiger partial charge is 0.266 e. The molecule has 2 aromatic carbocycles. The van der Waals surface area contributed by atoms with Gasteiger partial charge in [-0.05, 0) is 43.2 Å². The van der Waals surface area contributed by atoms with E-state index >= 15 is 0 Å². The Kier molecular flexibility index (Phi) is 7.72. The highest BCUT2D eigenvalue weighted by atomic mass is 35.5. The number of hydrogen-bond acceptors (Lipinski definition) is 4. The number of benzene rings is 2. The van der Waals surface area contributed by atoms with Gasteiger partial charge in [0.2, 0.25) is 5.91 Å². The zero-order valence-corrected chi connectivity index (χ0v) is 17.9. The van der Waals surface area contributed by atoms with E-state index in [2.05, 4.69) is 12.2 Å². The molecular formula is C22H24ClN3O2S.